The van der Waals surface area contributed by atoms with E-state index in [9.17, 15) is 9.18 Å². The molecule has 4 aromatic rings. The lowest BCUT2D eigenvalue weighted by Crippen LogP contribution is -2.22. The van der Waals surface area contributed by atoms with Gasteiger partial charge in [0.25, 0.3) is 5.56 Å². The molecule has 9 heteroatoms. The van der Waals surface area contributed by atoms with E-state index in [-0.39, 0.29) is 18.0 Å². The number of aryl methyl sites for hydroxylation is 1. The SMILES string of the molecule is CCc1nc2ccc(Br)cc2c(=O)n1N=Cc1cc(OC)c(OCc2cccc(F)c2)cc1Br. The molecule has 1 heterocycles. The van der Waals surface area contributed by atoms with E-state index < -0.39 is 0 Å². The lowest BCUT2D eigenvalue weighted by Gasteiger charge is -2.13. The van der Waals surface area contributed by atoms with Crippen molar-refractivity contribution in [2.45, 2.75) is 20.0 Å². The summed E-state index contributed by atoms with van der Waals surface area (Å²) in [6.07, 6.45) is 2.10. The standard InChI is InChI=1S/C25H20Br2FN3O3/c1-3-24-30-21-8-7-17(26)11-19(21)25(32)31(24)29-13-16-10-22(33-2)23(12-20(16)27)34-14-15-5-4-6-18(28)9-15/h4-13H,3,14H2,1-2H3. The first-order chi connectivity index (χ1) is 16.4. The first kappa shape index (κ1) is 24.1. The fourth-order valence-corrected chi connectivity index (χ4v) is 4.16. The van der Waals surface area contributed by atoms with Crippen LogP contribution in [-0.2, 0) is 13.0 Å². The molecule has 0 spiro atoms. The molecule has 3 aromatic carbocycles. The van der Waals surface area contributed by atoms with Crippen LogP contribution in [0.3, 0.4) is 0 Å². The van der Waals surface area contributed by atoms with Crippen molar-refractivity contribution in [3.63, 3.8) is 0 Å². The maximum absolute atomic E-state index is 13.4. The van der Waals surface area contributed by atoms with Crippen LogP contribution in [0.4, 0.5) is 4.39 Å². The number of methoxy groups -OCH3 is 1. The van der Waals surface area contributed by atoms with Crippen LogP contribution < -0.4 is 15.0 Å². The molecule has 0 aliphatic rings. The van der Waals surface area contributed by atoms with E-state index in [0.29, 0.717) is 50.2 Å². The fourth-order valence-electron chi connectivity index (χ4n) is 3.37. The summed E-state index contributed by atoms with van der Waals surface area (Å²) in [5, 5.41) is 4.90. The van der Waals surface area contributed by atoms with Gasteiger partial charge in [0.05, 0.1) is 24.2 Å². The Bertz CT molecular complexity index is 1450. The molecule has 0 saturated heterocycles. The van der Waals surface area contributed by atoms with Crippen molar-refractivity contribution in [3.8, 4) is 11.5 Å². The molecular formula is C25H20Br2FN3O3. The minimum Gasteiger partial charge on any atom is -0.493 e. The highest BCUT2D eigenvalue weighted by Gasteiger charge is 2.12. The van der Waals surface area contributed by atoms with Crippen LogP contribution in [0.1, 0.15) is 23.9 Å². The maximum atomic E-state index is 13.4. The molecule has 4 rings (SSSR count). The third kappa shape index (κ3) is 5.20. The van der Waals surface area contributed by atoms with Gasteiger partial charge in [-0.25, -0.2) is 9.37 Å². The average molecular weight is 589 g/mol. The third-order valence-corrected chi connectivity index (χ3v) is 6.25. The molecule has 34 heavy (non-hydrogen) atoms. The molecule has 0 radical (unpaired) electrons. The molecule has 6 nitrogen and oxygen atoms in total. The number of nitrogens with zero attached hydrogens (tertiary/aromatic N) is 3. The highest BCUT2D eigenvalue weighted by Crippen LogP contribution is 2.33. The first-order valence-electron chi connectivity index (χ1n) is 10.4. The van der Waals surface area contributed by atoms with Crippen molar-refractivity contribution in [3.05, 3.63) is 96.7 Å². The second kappa shape index (κ2) is 10.5. The summed E-state index contributed by atoms with van der Waals surface area (Å²) in [5.41, 5.74) is 1.75. The summed E-state index contributed by atoms with van der Waals surface area (Å²) in [6.45, 7) is 2.10. The van der Waals surface area contributed by atoms with Gasteiger partial charge in [-0.3, -0.25) is 4.79 Å². The number of ether oxygens (including phenoxy) is 2. The van der Waals surface area contributed by atoms with Gasteiger partial charge in [-0.1, -0.05) is 35.0 Å². The Labute approximate surface area is 212 Å². The number of aromatic nitrogens is 2. The smallest absolute Gasteiger partial charge is 0.282 e. The van der Waals surface area contributed by atoms with Crippen LogP contribution in [0.2, 0.25) is 0 Å². The fraction of sp³-hybridized carbons (Fsp3) is 0.160. The van der Waals surface area contributed by atoms with Crippen LogP contribution in [0.15, 0.2) is 73.4 Å². The van der Waals surface area contributed by atoms with E-state index in [4.69, 9.17) is 9.47 Å². The summed E-state index contributed by atoms with van der Waals surface area (Å²) in [7, 11) is 1.53. The summed E-state index contributed by atoms with van der Waals surface area (Å²) in [4.78, 5) is 17.7. The van der Waals surface area contributed by atoms with Crippen LogP contribution in [0.5, 0.6) is 11.5 Å². The van der Waals surface area contributed by atoms with E-state index in [0.717, 1.165) is 4.47 Å². The summed E-state index contributed by atoms with van der Waals surface area (Å²) >= 11 is 6.93. The van der Waals surface area contributed by atoms with Crippen molar-refractivity contribution in [2.24, 2.45) is 5.10 Å². The normalized spacial score (nSPS) is 11.3. The Balaban J connectivity index is 1.66. The highest BCUT2D eigenvalue weighted by molar-refractivity contribution is 9.10. The molecule has 1 aromatic heterocycles. The number of benzene rings is 3. The first-order valence-corrected chi connectivity index (χ1v) is 12.0. The molecule has 0 N–H and O–H groups in total. The van der Waals surface area contributed by atoms with Crippen molar-refractivity contribution in [2.75, 3.05) is 7.11 Å². The maximum Gasteiger partial charge on any atom is 0.282 e. The van der Waals surface area contributed by atoms with E-state index in [2.05, 4.69) is 41.9 Å². The molecule has 0 amide bonds. The molecular weight excluding hydrogens is 569 g/mol. The molecule has 0 aliphatic carbocycles. The largest absolute Gasteiger partial charge is 0.493 e. The quantitative estimate of drug-likeness (QED) is 0.245. The second-order valence-corrected chi connectivity index (χ2v) is 9.12. The highest BCUT2D eigenvalue weighted by atomic mass is 79.9. The summed E-state index contributed by atoms with van der Waals surface area (Å²) in [5.74, 6) is 1.19. The van der Waals surface area contributed by atoms with Gasteiger partial charge in [0, 0.05) is 20.9 Å². The molecule has 0 saturated carbocycles. The van der Waals surface area contributed by atoms with Gasteiger partial charge in [0.1, 0.15) is 18.2 Å². The zero-order chi connectivity index (χ0) is 24.2. The van der Waals surface area contributed by atoms with Crippen LogP contribution >= 0.6 is 31.9 Å². The second-order valence-electron chi connectivity index (χ2n) is 7.35. The predicted octanol–water partition coefficient (Wildman–Crippen LogP) is 6.09. The summed E-state index contributed by atoms with van der Waals surface area (Å²) in [6, 6.07) is 15.1. The van der Waals surface area contributed by atoms with Crippen LogP contribution in [0.25, 0.3) is 10.9 Å². The van der Waals surface area contributed by atoms with E-state index in [1.807, 2.05) is 13.0 Å². The minimum atomic E-state index is -0.321. The Morgan fingerprint density at radius 1 is 1.12 bits per heavy atom. The van der Waals surface area contributed by atoms with Gasteiger partial charge in [-0.05, 0) is 64.0 Å². The molecule has 0 atom stereocenters. The number of rotatable bonds is 7. The van der Waals surface area contributed by atoms with E-state index in [1.165, 1.54) is 23.9 Å². The number of fused-ring (bicyclic) bond motifs is 1. The van der Waals surface area contributed by atoms with Crippen molar-refractivity contribution in [1.29, 1.82) is 0 Å². The lowest BCUT2D eigenvalue weighted by atomic mass is 10.2. The third-order valence-electron chi connectivity index (χ3n) is 5.07. The molecule has 0 unspecified atom stereocenters. The van der Waals surface area contributed by atoms with Gasteiger partial charge in [-0.2, -0.15) is 9.78 Å². The number of hydrogen-bond donors (Lipinski definition) is 0. The predicted molar refractivity (Wildman–Crippen MR) is 137 cm³/mol. The number of hydrogen-bond acceptors (Lipinski definition) is 5. The molecule has 174 valence electrons. The molecule has 0 fully saturated rings. The van der Waals surface area contributed by atoms with Gasteiger partial charge in [0.15, 0.2) is 11.5 Å². The Morgan fingerprint density at radius 3 is 2.68 bits per heavy atom. The van der Waals surface area contributed by atoms with Gasteiger partial charge < -0.3 is 9.47 Å². The van der Waals surface area contributed by atoms with Gasteiger partial charge in [0.2, 0.25) is 0 Å². The lowest BCUT2D eigenvalue weighted by molar-refractivity contribution is 0.284. The topological polar surface area (TPSA) is 65.7 Å². The number of halogens is 3. The molecule has 0 bridgehead atoms. The zero-order valence-corrected chi connectivity index (χ0v) is 21.6. The van der Waals surface area contributed by atoms with Crippen LogP contribution in [0, 0.1) is 5.82 Å². The van der Waals surface area contributed by atoms with E-state index >= 15 is 0 Å². The monoisotopic (exact) mass is 587 g/mol. The molecule has 0 aliphatic heterocycles. The summed E-state index contributed by atoms with van der Waals surface area (Å²) < 4.78 is 27.5. The van der Waals surface area contributed by atoms with Crippen LogP contribution in [-0.4, -0.2) is 23.0 Å². The van der Waals surface area contributed by atoms with Crippen molar-refractivity contribution in [1.82, 2.24) is 9.66 Å². The van der Waals surface area contributed by atoms with Crippen molar-refractivity contribution < 1.29 is 13.9 Å². The van der Waals surface area contributed by atoms with E-state index in [1.54, 1.807) is 42.6 Å². The Morgan fingerprint density at radius 2 is 1.94 bits per heavy atom. The minimum absolute atomic E-state index is 0.182. The Hall–Kier alpha value is -3.04. The van der Waals surface area contributed by atoms with Gasteiger partial charge in [-0.15, -0.1) is 0 Å². The van der Waals surface area contributed by atoms with Gasteiger partial charge >= 0.3 is 0 Å². The average Bonchev–Trinajstić information content (AvgIpc) is 2.83. The Kier molecular flexibility index (Phi) is 7.43. The van der Waals surface area contributed by atoms with Crippen molar-refractivity contribution >= 4 is 49.0 Å². The zero-order valence-electron chi connectivity index (χ0n) is 18.4.